The summed E-state index contributed by atoms with van der Waals surface area (Å²) in [6.07, 6.45) is 1.54. The molecule has 0 aliphatic carbocycles. The Balaban J connectivity index is 1.68. The third-order valence-corrected chi connectivity index (χ3v) is 6.89. The number of hydrogen-bond acceptors (Lipinski definition) is 2. The van der Waals surface area contributed by atoms with Gasteiger partial charge in [-0.1, -0.05) is 74.5 Å². The molecule has 1 heterocycles. The number of carbonyl (C=O) groups is 2. The van der Waals surface area contributed by atoms with Gasteiger partial charge in [-0.3, -0.25) is 9.59 Å². The Morgan fingerprint density at radius 1 is 0.912 bits per heavy atom. The number of carbonyl (C=O) groups excluding carboxylic acids is 2. The number of nitrogens with zero attached hydrogens (tertiary/aromatic N) is 1. The summed E-state index contributed by atoms with van der Waals surface area (Å²) in [6.45, 7) is 8.88. The fraction of sp³-hybridized carbons (Fsp3) is 0.333. The van der Waals surface area contributed by atoms with Crippen LogP contribution in [0.1, 0.15) is 71.3 Å². The van der Waals surface area contributed by atoms with E-state index in [1.165, 1.54) is 5.56 Å². The van der Waals surface area contributed by atoms with Gasteiger partial charge in [0.15, 0.2) is 0 Å². The van der Waals surface area contributed by atoms with Gasteiger partial charge in [-0.05, 0) is 67.0 Å². The number of nitrogens with one attached hydrogen (secondary N) is 1. The lowest BCUT2D eigenvalue weighted by atomic mass is 9.83. The summed E-state index contributed by atoms with van der Waals surface area (Å²) in [5.41, 5.74) is 5.67. The highest BCUT2D eigenvalue weighted by Crippen LogP contribution is 2.38. The zero-order valence-electron chi connectivity index (χ0n) is 20.5. The van der Waals surface area contributed by atoms with Crippen LogP contribution in [0.4, 0.5) is 5.69 Å². The standard InChI is InChI=1S/C30H34N2O2/c1-20(2)24-15-9-16-25(19-24)31-29(33)26-17-10-18-32(28(26)23-13-6-5-7-14-23)30(34)27-21(3)11-8-12-22(27)4/h5-9,11-16,19-20,26,28H,10,17-18H2,1-4H3,(H,31,33)/t26-,28?/m0/s1. The van der Waals surface area contributed by atoms with Gasteiger partial charge in [0.05, 0.1) is 12.0 Å². The van der Waals surface area contributed by atoms with Gasteiger partial charge in [0.2, 0.25) is 5.91 Å². The largest absolute Gasteiger partial charge is 0.331 e. The number of benzene rings is 3. The van der Waals surface area contributed by atoms with E-state index >= 15 is 0 Å². The van der Waals surface area contributed by atoms with Crippen molar-refractivity contribution in [3.05, 3.63) is 101 Å². The minimum atomic E-state index is -0.327. The summed E-state index contributed by atoms with van der Waals surface area (Å²) in [7, 11) is 0. The van der Waals surface area contributed by atoms with Crippen LogP contribution in [0.2, 0.25) is 0 Å². The topological polar surface area (TPSA) is 49.4 Å². The van der Waals surface area contributed by atoms with Crippen molar-refractivity contribution in [3.8, 4) is 0 Å². The first-order chi connectivity index (χ1) is 16.4. The van der Waals surface area contributed by atoms with Crippen LogP contribution in [0, 0.1) is 19.8 Å². The van der Waals surface area contributed by atoms with E-state index in [9.17, 15) is 9.59 Å². The molecule has 4 nitrogen and oxygen atoms in total. The lowest BCUT2D eigenvalue weighted by Crippen LogP contribution is -2.46. The van der Waals surface area contributed by atoms with Crippen molar-refractivity contribution in [3.63, 3.8) is 0 Å². The first-order valence-corrected chi connectivity index (χ1v) is 12.2. The van der Waals surface area contributed by atoms with Crippen molar-refractivity contribution < 1.29 is 9.59 Å². The van der Waals surface area contributed by atoms with Crippen molar-refractivity contribution >= 4 is 17.5 Å². The third-order valence-electron chi connectivity index (χ3n) is 6.89. The van der Waals surface area contributed by atoms with Gasteiger partial charge < -0.3 is 10.2 Å². The second-order valence-corrected chi connectivity index (χ2v) is 9.64. The molecule has 0 radical (unpaired) electrons. The lowest BCUT2D eigenvalue weighted by Gasteiger charge is -2.41. The molecule has 3 aromatic rings. The van der Waals surface area contributed by atoms with Crippen LogP contribution >= 0.6 is 0 Å². The molecule has 1 N–H and O–H groups in total. The fourth-order valence-electron chi connectivity index (χ4n) is 5.07. The van der Waals surface area contributed by atoms with Crippen molar-refractivity contribution in [1.82, 2.24) is 4.90 Å². The Bertz CT molecular complexity index is 1150. The molecular formula is C30H34N2O2. The molecule has 4 rings (SSSR count). The van der Waals surface area contributed by atoms with Crippen LogP contribution in [0.15, 0.2) is 72.8 Å². The zero-order chi connectivity index (χ0) is 24.2. The molecule has 1 fully saturated rings. The maximum absolute atomic E-state index is 13.9. The highest BCUT2D eigenvalue weighted by molar-refractivity contribution is 5.99. The molecule has 1 aliphatic rings. The van der Waals surface area contributed by atoms with Crippen LogP contribution in [0.25, 0.3) is 0 Å². The van der Waals surface area contributed by atoms with Crippen molar-refractivity contribution in [2.75, 3.05) is 11.9 Å². The highest BCUT2D eigenvalue weighted by atomic mass is 16.2. The van der Waals surface area contributed by atoms with E-state index in [0.29, 0.717) is 12.5 Å². The van der Waals surface area contributed by atoms with Gasteiger partial charge in [-0.25, -0.2) is 0 Å². The number of anilines is 1. The van der Waals surface area contributed by atoms with Gasteiger partial charge >= 0.3 is 0 Å². The van der Waals surface area contributed by atoms with Crippen LogP contribution in [0.3, 0.4) is 0 Å². The first-order valence-electron chi connectivity index (χ1n) is 12.2. The summed E-state index contributed by atoms with van der Waals surface area (Å²) in [6, 6.07) is 23.7. The van der Waals surface area contributed by atoms with E-state index in [2.05, 4.69) is 25.2 Å². The van der Waals surface area contributed by atoms with Gasteiger partial charge in [0.1, 0.15) is 0 Å². The van der Waals surface area contributed by atoms with Crippen molar-refractivity contribution in [2.45, 2.75) is 52.5 Å². The Labute approximate surface area is 203 Å². The molecule has 1 unspecified atom stereocenters. The van der Waals surface area contributed by atoms with Gasteiger partial charge in [-0.15, -0.1) is 0 Å². The number of hydrogen-bond donors (Lipinski definition) is 1. The van der Waals surface area contributed by atoms with E-state index in [-0.39, 0.29) is 23.8 Å². The zero-order valence-corrected chi connectivity index (χ0v) is 20.5. The van der Waals surface area contributed by atoms with Gasteiger partial charge in [0, 0.05) is 17.8 Å². The molecule has 3 aromatic carbocycles. The summed E-state index contributed by atoms with van der Waals surface area (Å²) >= 11 is 0. The number of piperidine rings is 1. The SMILES string of the molecule is Cc1cccc(C)c1C(=O)N1CCC[C@H](C(=O)Nc2cccc(C(C)C)c2)C1c1ccccc1. The number of aryl methyl sites for hydroxylation is 2. The molecule has 34 heavy (non-hydrogen) atoms. The predicted molar refractivity (Wildman–Crippen MR) is 138 cm³/mol. The molecule has 2 amide bonds. The molecule has 0 saturated carbocycles. The Morgan fingerprint density at radius 2 is 1.59 bits per heavy atom. The maximum atomic E-state index is 13.9. The van der Waals surface area contributed by atoms with E-state index in [4.69, 9.17) is 0 Å². The second-order valence-electron chi connectivity index (χ2n) is 9.64. The first kappa shape index (κ1) is 23.7. The smallest absolute Gasteiger partial charge is 0.254 e. The van der Waals surface area contributed by atoms with E-state index in [1.807, 2.05) is 85.5 Å². The Hall–Kier alpha value is -3.40. The van der Waals surface area contributed by atoms with Gasteiger partial charge in [-0.2, -0.15) is 0 Å². The highest BCUT2D eigenvalue weighted by Gasteiger charge is 2.40. The molecule has 0 spiro atoms. The van der Waals surface area contributed by atoms with Crippen LogP contribution in [-0.2, 0) is 4.79 Å². The summed E-state index contributed by atoms with van der Waals surface area (Å²) in [4.78, 5) is 29.4. The van der Waals surface area contributed by atoms with E-state index in [0.717, 1.165) is 40.8 Å². The van der Waals surface area contributed by atoms with Crippen LogP contribution in [-0.4, -0.2) is 23.3 Å². The Kier molecular flexibility index (Phi) is 7.16. The second kappa shape index (κ2) is 10.3. The van der Waals surface area contributed by atoms with Crippen molar-refractivity contribution in [2.24, 2.45) is 5.92 Å². The molecular weight excluding hydrogens is 420 g/mol. The minimum absolute atomic E-state index is 0.00348. The van der Waals surface area contributed by atoms with Crippen LogP contribution in [0.5, 0.6) is 0 Å². The molecule has 2 atom stereocenters. The average Bonchev–Trinajstić information content (AvgIpc) is 2.84. The number of likely N-dealkylation sites (tertiary alicyclic amines) is 1. The average molecular weight is 455 g/mol. The van der Waals surface area contributed by atoms with Gasteiger partial charge in [0.25, 0.3) is 5.91 Å². The number of rotatable bonds is 5. The quantitative estimate of drug-likeness (QED) is 0.469. The normalized spacial score (nSPS) is 18.1. The van der Waals surface area contributed by atoms with E-state index in [1.54, 1.807) is 0 Å². The third kappa shape index (κ3) is 4.91. The molecule has 4 heteroatoms. The summed E-state index contributed by atoms with van der Waals surface area (Å²) < 4.78 is 0. The maximum Gasteiger partial charge on any atom is 0.254 e. The summed E-state index contributed by atoms with van der Waals surface area (Å²) in [5.74, 6) is 0.0266. The molecule has 1 aliphatic heterocycles. The lowest BCUT2D eigenvalue weighted by molar-refractivity contribution is -0.123. The van der Waals surface area contributed by atoms with E-state index < -0.39 is 0 Å². The fourth-order valence-corrected chi connectivity index (χ4v) is 5.07. The van der Waals surface area contributed by atoms with Crippen LogP contribution < -0.4 is 5.32 Å². The molecule has 0 bridgehead atoms. The minimum Gasteiger partial charge on any atom is -0.331 e. The Morgan fingerprint density at radius 3 is 2.26 bits per heavy atom. The molecule has 176 valence electrons. The number of amides is 2. The monoisotopic (exact) mass is 454 g/mol. The summed E-state index contributed by atoms with van der Waals surface area (Å²) in [5, 5.41) is 3.15. The van der Waals surface area contributed by atoms with Crippen molar-refractivity contribution in [1.29, 1.82) is 0 Å². The predicted octanol–water partition coefficient (Wildman–Crippen LogP) is 6.66. The molecule has 1 saturated heterocycles. The molecule has 0 aromatic heterocycles.